The third kappa shape index (κ3) is 2.17. The van der Waals surface area contributed by atoms with Crippen molar-refractivity contribution in [3.05, 3.63) is 47.8 Å². The van der Waals surface area contributed by atoms with Gasteiger partial charge in [-0.2, -0.15) is 8.42 Å². The van der Waals surface area contributed by atoms with Gasteiger partial charge in [-0.25, -0.2) is 0 Å². The summed E-state index contributed by atoms with van der Waals surface area (Å²) < 4.78 is 26.3. The van der Waals surface area contributed by atoms with Crippen LogP contribution < -0.4 is 4.72 Å². The molecule has 0 aromatic heterocycles. The van der Waals surface area contributed by atoms with E-state index in [2.05, 4.69) is 4.72 Å². The Morgan fingerprint density at radius 1 is 1.19 bits per heavy atom. The number of aliphatic hydroxyl groups excluding tert-OH is 1. The summed E-state index contributed by atoms with van der Waals surface area (Å²) in [7, 11) is -3.38. The van der Waals surface area contributed by atoms with Crippen molar-refractivity contribution in [1.29, 1.82) is 0 Å². The standard InChI is InChI=1S/C10H12N2O3S/c13-8-10-3-1-9(2-4-10)7-12-6-5-11-16(12,14)15/h1-6,11,13H,7-8H2. The molecule has 0 bridgehead atoms. The Hall–Kier alpha value is -1.53. The lowest BCUT2D eigenvalue weighted by Gasteiger charge is -2.14. The van der Waals surface area contributed by atoms with Crippen LogP contribution in [0.25, 0.3) is 0 Å². The van der Waals surface area contributed by atoms with Gasteiger partial charge in [0, 0.05) is 12.4 Å². The summed E-state index contributed by atoms with van der Waals surface area (Å²) in [6, 6.07) is 7.14. The van der Waals surface area contributed by atoms with Gasteiger partial charge in [0.1, 0.15) is 0 Å². The van der Waals surface area contributed by atoms with E-state index in [-0.39, 0.29) is 13.2 Å². The summed E-state index contributed by atoms with van der Waals surface area (Å²) in [6.45, 7) is 0.279. The molecule has 1 heterocycles. The van der Waals surface area contributed by atoms with Gasteiger partial charge in [0.05, 0.1) is 13.2 Å². The molecule has 0 saturated carbocycles. The summed E-state index contributed by atoms with van der Waals surface area (Å²) >= 11 is 0. The molecule has 0 fully saturated rings. The molecule has 86 valence electrons. The smallest absolute Gasteiger partial charge is 0.323 e. The van der Waals surface area contributed by atoms with Crippen LogP contribution in [-0.2, 0) is 23.4 Å². The molecule has 16 heavy (non-hydrogen) atoms. The van der Waals surface area contributed by atoms with Crippen LogP contribution in [0.2, 0.25) is 0 Å². The van der Waals surface area contributed by atoms with Crippen LogP contribution in [0.3, 0.4) is 0 Å². The van der Waals surface area contributed by atoms with Crippen LogP contribution in [0.15, 0.2) is 36.7 Å². The van der Waals surface area contributed by atoms with Crippen molar-refractivity contribution in [2.75, 3.05) is 0 Å². The molecule has 0 aliphatic carbocycles. The molecule has 1 aliphatic heterocycles. The molecule has 0 amide bonds. The highest BCUT2D eigenvalue weighted by Gasteiger charge is 2.21. The van der Waals surface area contributed by atoms with Gasteiger partial charge < -0.3 is 5.11 Å². The molecule has 2 rings (SSSR count). The Labute approximate surface area is 94.2 Å². The van der Waals surface area contributed by atoms with Gasteiger partial charge >= 0.3 is 10.2 Å². The van der Waals surface area contributed by atoms with Gasteiger partial charge in [-0.15, -0.1) is 0 Å². The topological polar surface area (TPSA) is 69.6 Å². The van der Waals surface area contributed by atoms with Crippen molar-refractivity contribution in [2.24, 2.45) is 0 Å². The lowest BCUT2D eigenvalue weighted by molar-refractivity contribution is 0.282. The van der Waals surface area contributed by atoms with E-state index in [1.54, 1.807) is 24.3 Å². The largest absolute Gasteiger partial charge is 0.392 e. The quantitative estimate of drug-likeness (QED) is 0.798. The number of nitrogens with zero attached hydrogens (tertiary/aromatic N) is 1. The van der Waals surface area contributed by atoms with E-state index in [9.17, 15) is 8.42 Å². The molecule has 0 spiro atoms. The van der Waals surface area contributed by atoms with Crippen molar-refractivity contribution in [1.82, 2.24) is 9.03 Å². The monoisotopic (exact) mass is 240 g/mol. The fourth-order valence-corrected chi connectivity index (χ4v) is 2.32. The zero-order chi connectivity index (χ0) is 11.6. The summed E-state index contributed by atoms with van der Waals surface area (Å²) in [5, 5.41) is 8.87. The average Bonchev–Trinajstić information content (AvgIpc) is 2.59. The summed E-state index contributed by atoms with van der Waals surface area (Å²) in [6.07, 6.45) is 2.87. The van der Waals surface area contributed by atoms with Crippen LogP contribution in [0.4, 0.5) is 0 Å². The van der Waals surface area contributed by atoms with Crippen LogP contribution in [0.1, 0.15) is 11.1 Å². The third-order valence-electron chi connectivity index (χ3n) is 2.31. The number of nitrogens with one attached hydrogen (secondary N) is 1. The fraction of sp³-hybridized carbons (Fsp3) is 0.200. The van der Waals surface area contributed by atoms with E-state index >= 15 is 0 Å². The van der Waals surface area contributed by atoms with Crippen LogP contribution in [-0.4, -0.2) is 17.8 Å². The normalized spacial score (nSPS) is 17.4. The van der Waals surface area contributed by atoms with Crippen molar-refractivity contribution in [2.45, 2.75) is 13.2 Å². The van der Waals surface area contributed by atoms with E-state index in [4.69, 9.17) is 5.11 Å². The third-order valence-corrected chi connectivity index (χ3v) is 3.61. The van der Waals surface area contributed by atoms with E-state index in [0.29, 0.717) is 0 Å². The van der Waals surface area contributed by atoms with Gasteiger partial charge in [-0.3, -0.25) is 9.03 Å². The van der Waals surface area contributed by atoms with Crippen molar-refractivity contribution >= 4 is 10.2 Å². The predicted molar refractivity (Wildman–Crippen MR) is 59.1 cm³/mol. The minimum Gasteiger partial charge on any atom is -0.392 e. The maximum atomic E-state index is 11.4. The Kier molecular flexibility index (Phi) is 2.84. The van der Waals surface area contributed by atoms with Gasteiger partial charge in [0.15, 0.2) is 0 Å². The summed E-state index contributed by atoms with van der Waals surface area (Å²) in [5.74, 6) is 0. The fourth-order valence-electron chi connectivity index (χ4n) is 1.42. The summed E-state index contributed by atoms with van der Waals surface area (Å²) in [5.41, 5.74) is 1.68. The molecule has 1 aromatic carbocycles. The molecule has 0 radical (unpaired) electrons. The molecule has 1 aliphatic rings. The zero-order valence-corrected chi connectivity index (χ0v) is 9.31. The van der Waals surface area contributed by atoms with Gasteiger partial charge in [0.25, 0.3) is 0 Å². The molecule has 1 aromatic rings. The lowest BCUT2D eigenvalue weighted by atomic mass is 10.1. The van der Waals surface area contributed by atoms with E-state index in [1.807, 2.05) is 0 Å². The minimum atomic E-state index is -3.38. The molecule has 0 unspecified atom stereocenters. The number of aliphatic hydroxyl groups is 1. The molecule has 2 N–H and O–H groups in total. The maximum Gasteiger partial charge on any atom is 0.323 e. The van der Waals surface area contributed by atoms with E-state index < -0.39 is 10.2 Å². The van der Waals surface area contributed by atoms with Gasteiger partial charge in [0.2, 0.25) is 0 Å². The highest BCUT2D eigenvalue weighted by molar-refractivity contribution is 7.87. The van der Waals surface area contributed by atoms with E-state index in [1.165, 1.54) is 16.7 Å². The highest BCUT2D eigenvalue weighted by Crippen LogP contribution is 2.13. The summed E-state index contributed by atoms with van der Waals surface area (Å²) in [4.78, 5) is 0. The second kappa shape index (κ2) is 4.15. The average molecular weight is 240 g/mol. The Morgan fingerprint density at radius 3 is 2.31 bits per heavy atom. The first-order valence-electron chi connectivity index (χ1n) is 4.76. The second-order valence-corrected chi connectivity index (χ2v) is 5.11. The zero-order valence-electron chi connectivity index (χ0n) is 8.50. The first-order valence-corrected chi connectivity index (χ1v) is 6.20. The molecule has 0 saturated heterocycles. The molecule has 5 nitrogen and oxygen atoms in total. The first kappa shape index (κ1) is 11.0. The predicted octanol–water partition coefficient (Wildman–Crippen LogP) is 0.300. The Balaban J connectivity index is 2.12. The second-order valence-electron chi connectivity index (χ2n) is 3.46. The van der Waals surface area contributed by atoms with E-state index in [0.717, 1.165) is 11.1 Å². The van der Waals surface area contributed by atoms with Crippen molar-refractivity contribution in [3.63, 3.8) is 0 Å². The van der Waals surface area contributed by atoms with Crippen LogP contribution in [0, 0.1) is 0 Å². The molecular weight excluding hydrogens is 228 g/mol. The van der Waals surface area contributed by atoms with Crippen LogP contribution >= 0.6 is 0 Å². The SMILES string of the molecule is O=S1(=O)NC=CN1Cc1ccc(CO)cc1. The van der Waals surface area contributed by atoms with Gasteiger partial charge in [-0.1, -0.05) is 24.3 Å². The number of benzene rings is 1. The number of hydrogen-bond acceptors (Lipinski definition) is 3. The van der Waals surface area contributed by atoms with Crippen LogP contribution in [0.5, 0.6) is 0 Å². The molecule has 6 heteroatoms. The van der Waals surface area contributed by atoms with Crippen molar-refractivity contribution < 1.29 is 13.5 Å². The van der Waals surface area contributed by atoms with Crippen molar-refractivity contribution in [3.8, 4) is 0 Å². The Morgan fingerprint density at radius 2 is 1.81 bits per heavy atom. The number of hydrogen-bond donors (Lipinski definition) is 2. The first-order chi connectivity index (χ1) is 7.62. The number of rotatable bonds is 3. The minimum absolute atomic E-state index is 0.0102. The lowest BCUT2D eigenvalue weighted by Crippen LogP contribution is -2.28. The van der Waals surface area contributed by atoms with Gasteiger partial charge in [-0.05, 0) is 11.1 Å². The molecular formula is C10H12N2O3S. The highest BCUT2D eigenvalue weighted by atomic mass is 32.2. The molecule has 0 atom stereocenters. The Bertz CT molecular complexity index is 493. The maximum absolute atomic E-state index is 11.4.